The molecule has 5 heteroatoms. The molecule has 2 rings (SSSR count). The largest absolute Gasteiger partial charge is 0.353 e. The smallest absolute Gasteiger partial charge is 0.219 e. The topological polar surface area (TPSA) is 67.6 Å². The van der Waals surface area contributed by atoms with E-state index in [4.69, 9.17) is 4.52 Å². The molecule has 0 spiro atoms. The fourth-order valence-corrected chi connectivity index (χ4v) is 0.922. The highest BCUT2D eigenvalue weighted by atomic mass is 16.5. The molecule has 0 unspecified atom stereocenters. The zero-order chi connectivity index (χ0) is 8.55. The van der Waals surface area contributed by atoms with E-state index in [-0.39, 0.29) is 0 Å². The van der Waals surface area contributed by atoms with Crippen molar-refractivity contribution in [2.24, 2.45) is 0 Å². The lowest BCUT2D eigenvalue weighted by Crippen LogP contribution is -1.75. The van der Waals surface area contributed by atoms with Gasteiger partial charge in [-0.3, -0.25) is 5.10 Å². The average Bonchev–Trinajstić information content (AvgIpc) is 2.58. The molecule has 0 aromatic carbocycles. The summed E-state index contributed by atoms with van der Waals surface area (Å²) in [6, 6.07) is 1.79. The molecule has 0 saturated carbocycles. The average molecular weight is 164 g/mol. The third-order valence-electron chi connectivity index (χ3n) is 1.45. The van der Waals surface area contributed by atoms with E-state index in [9.17, 15) is 0 Å². The number of aryl methyl sites for hydroxylation is 2. The van der Waals surface area contributed by atoms with Gasteiger partial charge in [-0.15, -0.1) is 5.10 Å². The minimum Gasteiger partial charge on any atom is -0.353 e. The van der Waals surface area contributed by atoms with Crippen molar-refractivity contribution in [1.82, 2.24) is 20.3 Å². The predicted molar refractivity (Wildman–Crippen MR) is 41.4 cm³/mol. The number of aromatic nitrogens is 4. The molecule has 0 aliphatic heterocycles. The van der Waals surface area contributed by atoms with E-state index in [0.717, 1.165) is 11.5 Å². The van der Waals surface area contributed by atoms with Crippen molar-refractivity contribution < 1.29 is 4.52 Å². The highest BCUT2D eigenvalue weighted by Gasteiger charge is 2.08. The number of nitrogens with one attached hydrogen (secondary N) is 1. The van der Waals surface area contributed by atoms with Crippen LogP contribution < -0.4 is 0 Å². The quantitative estimate of drug-likeness (QED) is 0.684. The molecule has 12 heavy (non-hydrogen) atoms. The summed E-state index contributed by atoms with van der Waals surface area (Å²) in [4.78, 5) is 4.09. The summed E-state index contributed by atoms with van der Waals surface area (Å²) in [5.41, 5.74) is 0.826. The fraction of sp³-hybridized carbons (Fsp3) is 0.286. The van der Waals surface area contributed by atoms with Crippen LogP contribution in [0.2, 0.25) is 0 Å². The maximum absolute atomic E-state index is 4.97. The van der Waals surface area contributed by atoms with Gasteiger partial charge in [0.25, 0.3) is 0 Å². The summed E-state index contributed by atoms with van der Waals surface area (Å²) < 4.78 is 4.97. The van der Waals surface area contributed by atoms with Crippen molar-refractivity contribution in [3.8, 4) is 11.6 Å². The van der Waals surface area contributed by atoms with Gasteiger partial charge >= 0.3 is 0 Å². The summed E-state index contributed by atoms with van der Waals surface area (Å²) in [6.45, 7) is 3.69. The Bertz CT molecular complexity index is 351. The first kappa shape index (κ1) is 7.02. The number of H-pyrrole nitrogens is 1. The van der Waals surface area contributed by atoms with E-state index in [2.05, 4.69) is 20.3 Å². The summed E-state index contributed by atoms with van der Waals surface area (Å²) in [6.07, 6.45) is 0. The Balaban J connectivity index is 2.43. The normalized spacial score (nSPS) is 10.5. The maximum atomic E-state index is 4.97. The lowest BCUT2D eigenvalue weighted by Gasteiger charge is -1.80. The fourth-order valence-electron chi connectivity index (χ4n) is 0.922. The SMILES string of the molecule is Cc1cc(-c2n[nH]c(C)n2)on1. The molecule has 0 bridgehead atoms. The van der Waals surface area contributed by atoms with Crippen LogP contribution in [-0.2, 0) is 0 Å². The van der Waals surface area contributed by atoms with Crippen LogP contribution >= 0.6 is 0 Å². The summed E-state index contributed by atoms with van der Waals surface area (Å²) >= 11 is 0. The van der Waals surface area contributed by atoms with Gasteiger partial charge in [0, 0.05) is 6.07 Å². The number of nitrogens with zero attached hydrogens (tertiary/aromatic N) is 3. The minimum absolute atomic E-state index is 0.549. The molecule has 2 aromatic rings. The van der Waals surface area contributed by atoms with E-state index < -0.39 is 0 Å². The van der Waals surface area contributed by atoms with Gasteiger partial charge in [0.1, 0.15) is 5.82 Å². The van der Waals surface area contributed by atoms with Crippen molar-refractivity contribution in [2.45, 2.75) is 13.8 Å². The van der Waals surface area contributed by atoms with Crippen LogP contribution in [0.1, 0.15) is 11.5 Å². The summed E-state index contributed by atoms with van der Waals surface area (Å²) in [5, 5.41) is 10.4. The van der Waals surface area contributed by atoms with E-state index in [1.807, 2.05) is 13.8 Å². The Kier molecular flexibility index (Phi) is 1.43. The summed E-state index contributed by atoms with van der Waals surface area (Å²) in [5.74, 6) is 1.91. The first-order chi connectivity index (χ1) is 5.75. The van der Waals surface area contributed by atoms with Gasteiger partial charge in [-0.1, -0.05) is 5.16 Å². The summed E-state index contributed by atoms with van der Waals surface area (Å²) in [7, 11) is 0. The van der Waals surface area contributed by atoms with Gasteiger partial charge < -0.3 is 4.52 Å². The highest BCUT2D eigenvalue weighted by molar-refractivity contribution is 5.45. The third-order valence-corrected chi connectivity index (χ3v) is 1.45. The zero-order valence-corrected chi connectivity index (χ0v) is 6.83. The Morgan fingerprint density at radius 2 is 2.25 bits per heavy atom. The molecule has 2 aromatic heterocycles. The Hall–Kier alpha value is -1.65. The van der Waals surface area contributed by atoms with Crippen molar-refractivity contribution in [3.63, 3.8) is 0 Å². The molecular formula is C7H8N4O. The number of hydrogen-bond acceptors (Lipinski definition) is 4. The molecule has 0 aliphatic carbocycles. The lowest BCUT2D eigenvalue weighted by atomic mass is 10.4. The molecule has 1 N–H and O–H groups in total. The lowest BCUT2D eigenvalue weighted by molar-refractivity contribution is 0.424. The first-order valence-electron chi connectivity index (χ1n) is 3.58. The second-order valence-corrected chi connectivity index (χ2v) is 2.58. The molecular weight excluding hydrogens is 156 g/mol. The number of aromatic amines is 1. The minimum atomic E-state index is 0.549. The van der Waals surface area contributed by atoms with Gasteiger partial charge in [-0.2, -0.15) is 0 Å². The second-order valence-electron chi connectivity index (χ2n) is 2.58. The molecule has 0 aliphatic rings. The molecule has 62 valence electrons. The molecule has 0 atom stereocenters. The zero-order valence-electron chi connectivity index (χ0n) is 6.83. The Morgan fingerprint density at radius 3 is 2.75 bits per heavy atom. The van der Waals surface area contributed by atoms with Crippen LogP contribution in [0.3, 0.4) is 0 Å². The Labute approximate surface area is 68.8 Å². The van der Waals surface area contributed by atoms with Crippen LogP contribution in [0.15, 0.2) is 10.6 Å². The van der Waals surface area contributed by atoms with Crippen LogP contribution in [0, 0.1) is 13.8 Å². The molecule has 0 amide bonds. The maximum Gasteiger partial charge on any atom is 0.219 e. The van der Waals surface area contributed by atoms with Crippen molar-refractivity contribution >= 4 is 0 Å². The van der Waals surface area contributed by atoms with Gasteiger partial charge in [0.2, 0.25) is 11.6 Å². The van der Waals surface area contributed by atoms with Crippen LogP contribution in [0.4, 0.5) is 0 Å². The van der Waals surface area contributed by atoms with E-state index in [1.54, 1.807) is 6.07 Å². The second kappa shape index (κ2) is 2.44. The highest BCUT2D eigenvalue weighted by Crippen LogP contribution is 2.14. The molecule has 5 nitrogen and oxygen atoms in total. The van der Waals surface area contributed by atoms with Crippen LogP contribution in [0.25, 0.3) is 11.6 Å². The number of rotatable bonds is 1. The standard InChI is InChI=1S/C7H8N4O/c1-4-3-6(12-11-4)7-8-5(2)9-10-7/h3H,1-2H3,(H,8,9,10). The predicted octanol–water partition coefficient (Wildman–Crippen LogP) is 1.08. The van der Waals surface area contributed by atoms with Crippen molar-refractivity contribution in [3.05, 3.63) is 17.6 Å². The van der Waals surface area contributed by atoms with Crippen molar-refractivity contribution in [2.75, 3.05) is 0 Å². The van der Waals surface area contributed by atoms with E-state index >= 15 is 0 Å². The van der Waals surface area contributed by atoms with Gasteiger partial charge in [-0.05, 0) is 13.8 Å². The van der Waals surface area contributed by atoms with E-state index in [0.29, 0.717) is 11.6 Å². The van der Waals surface area contributed by atoms with Gasteiger partial charge in [-0.25, -0.2) is 4.98 Å². The number of hydrogen-bond donors (Lipinski definition) is 1. The first-order valence-corrected chi connectivity index (χ1v) is 3.58. The van der Waals surface area contributed by atoms with Gasteiger partial charge in [0.15, 0.2) is 0 Å². The van der Waals surface area contributed by atoms with Gasteiger partial charge in [0.05, 0.1) is 5.69 Å². The molecule has 2 heterocycles. The third kappa shape index (κ3) is 1.09. The van der Waals surface area contributed by atoms with Crippen molar-refractivity contribution in [1.29, 1.82) is 0 Å². The molecule has 0 fully saturated rings. The Morgan fingerprint density at radius 1 is 1.42 bits per heavy atom. The van der Waals surface area contributed by atoms with Crippen LogP contribution in [0.5, 0.6) is 0 Å². The van der Waals surface area contributed by atoms with Crippen LogP contribution in [-0.4, -0.2) is 20.3 Å². The monoisotopic (exact) mass is 164 g/mol. The molecule has 0 radical (unpaired) electrons. The van der Waals surface area contributed by atoms with E-state index in [1.165, 1.54) is 0 Å². The molecule has 0 saturated heterocycles.